The zero-order valence-electron chi connectivity index (χ0n) is 15.3. The van der Waals surface area contributed by atoms with Crippen LogP contribution in [0.4, 0.5) is 5.69 Å². The van der Waals surface area contributed by atoms with Crippen LogP contribution in [0.25, 0.3) is 5.69 Å². The van der Waals surface area contributed by atoms with E-state index < -0.39 is 18.5 Å². The summed E-state index contributed by atoms with van der Waals surface area (Å²) in [7, 11) is 0. The van der Waals surface area contributed by atoms with Crippen molar-refractivity contribution in [2.45, 2.75) is 13.3 Å². The third-order valence-electron chi connectivity index (χ3n) is 3.95. The van der Waals surface area contributed by atoms with Crippen LogP contribution in [0.5, 0.6) is 0 Å². The number of carbonyl (C=O) groups excluding carboxylic acids is 3. The molecule has 3 rings (SSSR count). The van der Waals surface area contributed by atoms with Gasteiger partial charge in [-0.3, -0.25) is 14.4 Å². The fraction of sp³-hybridized carbons (Fsp3) is 0.143. The van der Waals surface area contributed by atoms with Gasteiger partial charge in [0.2, 0.25) is 0 Å². The fourth-order valence-corrected chi connectivity index (χ4v) is 2.62. The van der Waals surface area contributed by atoms with Crippen LogP contribution in [0.2, 0.25) is 0 Å². The minimum absolute atomic E-state index is 0.00411. The summed E-state index contributed by atoms with van der Waals surface area (Å²) in [5.41, 5.74) is 2.34. The molecule has 0 spiro atoms. The minimum atomic E-state index is -0.539. The van der Waals surface area contributed by atoms with Gasteiger partial charge in [0, 0.05) is 17.3 Å². The van der Waals surface area contributed by atoms with E-state index in [9.17, 15) is 14.4 Å². The van der Waals surface area contributed by atoms with Crippen molar-refractivity contribution in [2.75, 3.05) is 11.9 Å². The van der Waals surface area contributed by atoms with Crippen LogP contribution in [0.1, 0.15) is 22.8 Å². The summed E-state index contributed by atoms with van der Waals surface area (Å²) in [6.45, 7) is 0.985. The normalized spacial score (nSPS) is 10.3. The summed E-state index contributed by atoms with van der Waals surface area (Å²) in [6.07, 6.45) is 3.32. The van der Waals surface area contributed by atoms with Gasteiger partial charge in [-0.25, -0.2) is 4.68 Å². The number of Topliss-reactive ketones (excluding diaryl/α,β-unsaturated/α-hetero) is 1. The molecule has 0 atom stereocenters. The number of hydrogen-bond acceptors (Lipinski definition) is 5. The molecule has 7 nitrogen and oxygen atoms in total. The molecule has 142 valence electrons. The van der Waals surface area contributed by atoms with Crippen molar-refractivity contribution in [3.63, 3.8) is 0 Å². The fourth-order valence-electron chi connectivity index (χ4n) is 2.62. The Kier molecular flexibility index (Phi) is 5.96. The van der Waals surface area contributed by atoms with Gasteiger partial charge in [0.15, 0.2) is 12.4 Å². The molecule has 0 aliphatic heterocycles. The first-order valence-electron chi connectivity index (χ1n) is 8.67. The van der Waals surface area contributed by atoms with Gasteiger partial charge in [-0.05, 0) is 31.2 Å². The molecule has 28 heavy (non-hydrogen) atoms. The largest absolute Gasteiger partial charge is 0.455 e. The van der Waals surface area contributed by atoms with Gasteiger partial charge in [0.1, 0.15) is 0 Å². The molecule has 0 aliphatic rings. The lowest BCUT2D eigenvalue weighted by molar-refractivity contribution is -0.146. The van der Waals surface area contributed by atoms with Crippen LogP contribution in [0.3, 0.4) is 0 Å². The summed E-state index contributed by atoms with van der Waals surface area (Å²) in [5, 5.41) is 6.80. The average Bonchev–Trinajstić information content (AvgIpc) is 3.16. The molecule has 0 unspecified atom stereocenters. The van der Waals surface area contributed by atoms with Crippen molar-refractivity contribution in [3.8, 4) is 5.69 Å². The predicted molar refractivity (Wildman–Crippen MR) is 103 cm³/mol. The van der Waals surface area contributed by atoms with Gasteiger partial charge in [0.05, 0.1) is 24.0 Å². The third-order valence-corrected chi connectivity index (χ3v) is 3.95. The quantitative estimate of drug-likeness (QED) is 0.505. The van der Waals surface area contributed by atoms with Crippen molar-refractivity contribution >= 4 is 23.3 Å². The molecule has 7 heteroatoms. The number of aromatic nitrogens is 2. The molecular formula is C21H19N3O4. The number of benzene rings is 2. The highest BCUT2D eigenvalue weighted by Gasteiger charge is 2.13. The molecule has 1 N–H and O–H groups in total. The summed E-state index contributed by atoms with van der Waals surface area (Å²) < 4.78 is 6.68. The SMILES string of the molecule is CC(=O)c1ccccc1NC(=O)COC(=O)Cc1cnn(-c2ccccc2)c1. The van der Waals surface area contributed by atoms with Gasteiger partial charge in [-0.2, -0.15) is 5.10 Å². The molecule has 1 aromatic heterocycles. The summed E-state index contributed by atoms with van der Waals surface area (Å²) in [4.78, 5) is 35.6. The Hall–Kier alpha value is -3.74. The van der Waals surface area contributed by atoms with E-state index in [1.165, 1.54) is 6.92 Å². The van der Waals surface area contributed by atoms with Crippen LogP contribution in [-0.4, -0.2) is 34.0 Å². The number of hydrogen-bond donors (Lipinski definition) is 1. The van der Waals surface area contributed by atoms with E-state index in [2.05, 4.69) is 10.4 Å². The summed E-state index contributed by atoms with van der Waals surface area (Å²) in [5.74, 6) is -1.21. The molecule has 1 amide bonds. The van der Waals surface area contributed by atoms with Gasteiger partial charge in [-0.1, -0.05) is 30.3 Å². The van der Waals surface area contributed by atoms with Crippen molar-refractivity contribution in [1.29, 1.82) is 0 Å². The molecule has 3 aromatic rings. The van der Waals surface area contributed by atoms with Gasteiger partial charge in [0.25, 0.3) is 5.91 Å². The first kappa shape index (κ1) is 19.0. The lowest BCUT2D eigenvalue weighted by Crippen LogP contribution is -2.22. The molecule has 2 aromatic carbocycles. The Bertz CT molecular complexity index is 996. The van der Waals surface area contributed by atoms with Gasteiger partial charge in [-0.15, -0.1) is 0 Å². The zero-order valence-corrected chi connectivity index (χ0v) is 15.3. The standard InChI is InChI=1S/C21H19N3O4/c1-15(25)18-9-5-6-10-19(18)23-20(26)14-28-21(27)11-16-12-22-24(13-16)17-7-3-2-4-8-17/h2-10,12-13H,11,14H2,1H3,(H,23,26). The van der Waals surface area contributed by atoms with E-state index in [1.807, 2.05) is 30.3 Å². The molecule has 0 radical (unpaired) electrons. The summed E-state index contributed by atoms with van der Waals surface area (Å²) in [6, 6.07) is 16.2. The van der Waals surface area contributed by atoms with E-state index in [-0.39, 0.29) is 12.2 Å². The Morgan fingerprint density at radius 2 is 1.75 bits per heavy atom. The number of nitrogens with zero attached hydrogens (tertiary/aromatic N) is 2. The van der Waals surface area contributed by atoms with Crippen molar-refractivity contribution < 1.29 is 19.1 Å². The molecule has 0 fully saturated rings. The van der Waals surface area contributed by atoms with Crippen LogP contribution in [-0.2, 0) is 20.7 Å². The average molecular weight is 377 g/mol. The highest BCUT2D eigenvalue weighted by molar-refractivity contribution is 6.04. The number of anilines is 1. The first-order chi connectivity index (χ1) is 13.5. The second-order valence-corrected chi connectivity index (χ2v) is 6.12. The maximum absolute atomic E-state index is 12.0. The number of para-hydroxylation sites is 2. The number of nitrogens with one attached hydrogen (secondary N) is 1. The van der Waals surface area contributed by atoms with Gasteiger partial charge < -0.3 is 10.1 Å². The lowest BCUT2D eigenvalue weighted by atomic mass is 10.1. The number of ether oxygens (including phenoxy) is 1. The first-order valence-corrected chi connectivity index (χ1v) is 8.67. The molecule has 0 aliphatic carbocycles. The second kappa shape index (κ2) is 8.77. The number of amides is 1. The maximum Gasteiger partial charge on any atom is 0.310 e. The van der Waals surface area contributed by atoms with E-state index in [4.69, 9.17) is 4.74 Å². The van der Waals surface area contributed by atoms with Crippen molar-refractivity contribution in [1.82, 2.24) is 9.78 Å². The highest BCUT2D eigenvalue weighted by Crippen LogP contribution is 2.15. The van der Waals surface area contributed by atoms with E-state index in [0.29, 0.717) is 16.8 Å². The predicted octanol–water partition coefficient (Wildman–Crippen LogP) is 2.80. The van der Waals surface area contributed by atoms with Crippen molar-refractivity contribution in [2.24, 2.45) is 0 Å². The molecule has 0 saturated heterocycles. The Balaban J connectivity index is 1.52. The molecule has 0 saturated carbocycles. The second-order valence-electron chi connectivity index (χ2n) is 6.12. The van der Waals surface area contributed by atoms with Crippen LogP contribution >= 0.6 is 0 Å². The van der Waals surface area contributed by atoms with Crippen LogP contribution in [0.15, 0.2) is 67.0 Å². The smallest absolute Gasteiger partial charge is 0.310 e. The zero-order chi connectivity index (χ0) is 19.9. The monoisotopic (exact) mass is 377 g/mol. The number of rotatable bonds is 7. The van der Waals surface area contributed by atoms with Crippen molar-refractivity contribution in [3.05, 3.63) is 78.1 Å². The Labute approximate surface area is 161 Å². The summed E-state index contributed by atoms with van der Waals surface area (Å²) >= 11 is 0. The Morgan fingerprint density at radius 3 is 2.50 bits per heavy atom. The third kappa shape index (κ3) is 4.91. The number of ketones is 1. The number of esters is 1. The van der Waals surface area contributed by atoms with Crippen LogP contribution in [0, 0.1) is 0 Å². The molecular weight excluding hydrogens is 358 g/mol. The van der Waals surface area contributed by atoms with E-state index in [1.54, 1.807) is 41.3 Å². The highest BCUT2D eigenvalue weighted by atomic mass is 16.5. The van der Waals surface area contributed by atoms with E-state index in [0.717, 1.165) is 5.69 Å². The van der Waals surface area contributed by atoms with Gasteiger partial charge >= 0.3 is 5.97 Å². The molecule has 1 heterocycles. The Morgan fingerprint density at radius 1 is 1.04 bits per heavy atom. The molecule has 0 bridgehead atoms. The minimum Gasteiger partial charge on any atom is -0.455 e. The maximum atomic E-state index is 12.0. The number of carbonyl (C=O) groups is 3. The van der Waals surface area contributed by atoms with Crippen LogP contribution < -0.4 is 5.32 Å². The topological polar surface area (TPSA) is 90.3 Å². The lowest BCUT2D eigenvalue weighted by Gasteiger charge is -2.09. The van der Waals surface area contributed by atoms with E-state index >= 15 is 0 Å².